The summed E-state index contributed by atoms with van der Waals surface area (Å²) in [5.74, 6) is -0.156. The summed E-state index contributed by atoms with van der Waals surface area (Å²) >= 11 is 0. The van der Waals surface area contributed by atoms with Crippen LogP contribution in [-0.2, 0) is 11.3 Å². The summed E-state index contributed by atoms with van der Waals surface area (Å²) in [5.41, 5.74) is 2.48. The molecule has 0 heterocycles. The quantitative estimate of drug-likeness (QED) is 0.861. The molecule has 1 N–H and O–H groups in total. The Labute approximate surface area is 118 Å². The molecule has 1 amide bonds. The lowest BCUT2D eigenvalue weighted by atomic mass is 10.1. The Balaban J connectivity index is 1.89. The van der Waals surface area contributed by atoms with E-state index >= 15 is 0 Å². The van der Waals surface area contributed by atoms with E-state index in [2.05, 4.69) is 11.4 Å². The molecule has 0 atom stereocenters. The normalized spacial score (nSPS) is 10.2. The van der Waals surface area contributed by atoms with Gasteiger partial charge in [-0.2, -0.15) is 5.26 Å². The van der Waals surface area contributed by atoms with Gasteiger partial charge in [-0.25, -0.2) is 0 Å². The van der Waals surface area contributed by atoms with E-state index in [1.54, 1.807) is 24.3 Å². The average Bonchev–Trinajstić information content (AvgIpc) is 2.52. The smallest absolute Gasteiger partial charge is 0.244 e. The summed E-state index contributed by atoms with van der Waals surface area (Å²) in [5, 5.41) is 11.6. The van der Waals surface area contributed by atoms with Crippen molar-refractivity contribution in [1.82, 2.24) is 5.32 Å². The lowest BCUT2D eigenvalue weighted by molar-refractivity contribution is -0.116. The van der Waals surface area contributed by atoms with E-state index in [9.17, 15) is 4.79 Å². The van der Waals surface area contributed by atoms with Gasteiger partial charge < -0.3 is 5.32 Å². The molecule has 98 valence electrons. The second-order valence-electron chi connectivity index (χ2n) is 4.27. The molecule has 0 saturated heterocycles. The van der Waals surface area contributed by atoms with E-state index in [0.717, 1.165) is 11.1 Å². The molecule has 0 aliphatic carbocycles. The van der Waals surface area contributed by atoms with Crippen molar-refractivity contribution in [2.24, 2.45) is 0 Å². The first kappa shape index (κ1) is 13.6. The van der Waals surface area contributed by atoms with Crippen LogP contribution in [0, 0.1) is 11.3 Å². The van der Waals surface area contributed by atoms with Crippen molar-refractivity contribution in [3.05, 3.63) is 77.4 Å². The molecule has 2 rings (SSSR count). The lowest BCUT2D eigenvalue weighted by Gasteiger charge is -2.02. The molecule has 2 aromatic rings. The number of benzene rings is 2. The number of nitriles is 1. The molecule has 0 radical (unpaired) electrons. The zero-order chi connectivity index (χ0) is 14.2. The topological polar surface area (TPSA) is 52.9 Å². The fraction of sp³-hybridized carbons (Fsp3) is 0.0588. The second-order valence-corrected chi connectivity index (χ2v) is 4.27. The molecule has 0 bridgehead atoms. The Hall–Kier alpha value is -2.86. The Morgan fingerprint density at radius 3 is 2.70 bits per heavy atom. The molecule has 20 heavy (non-hydrogen) atoms. The van der Waals surface area contributed by atoms with Gasteiger partial charge in [-0.1, -0.05) is 42.5 Å². The lowest BCUT2D eigenvalue weighted by Crippen LogP contribution is -2.20. The summed E-state index contributed by atoms with van der Waals surface area (Å²) in [6.07, 6.45) is 3.27. The van der Waals surface area contributed by atoms with Gasteiger partial charge in [0, 0.05) is 12.6 Å². The van der Waals surface area contributed by atoms with Crippen LogP contribution in [-0.4, -0.2) is 5.91 Å². The van der Waals surface area contributed by atoms with Crippen LogP contribution in [0.1, 0.15) is 16.7 Å². The Bertz CT molecular complexity index is 654. The molecule has 3 heteroatoms. The Morgan fingerprint density at radius 2 is 1.95 bits per heavy atom. The van der Waals surface area contributed by atoms with Gasteiger partial charge in [-0.3, -0.25) is 4.79 Å². The van der Waals surface area contributed by atoms with E-state index in [1.165, 1.54) is 6.08 Å². The van der Waals surface area contributed by atoms with Crippen LogP contribution in [0.25, 0.3) is 6.08 Å². The second kappa shape index (κ2) is 6.91. The third-order valence-electron chi connectivity index (χ3n) is 2.75. The van der Waals surface area contributed by atoms with Crippen LogP contribution in [0.15, 0.2) is 60.7 Å². The maximum absolute atomic E-state index is 11.7. The number of carbonyl (C=O) groups is 1. The standard InChI is InChI=1S/C17H14N2O/c18-12-15-7-4-8-16(11-15)13-19-17(20)10-9-14-5-2-1-3-6-14/h1-11H,13H2,(H,19,20)/b10-9+. The molecule has 0 unspecified atom stereocenters. The molecular weight excluding hydrogens is 248 g/mol. The van der Waals surface area contributed by atoms with Gasteiger partial charge in [0.1, 0.15) is 0 Å². The highest BCUT2D eigenvalue weighted by atomic mass is 16.1. The van der Waals surface area contributed by atoms with Gasteiger partial charge in [-0.05, 0) is 29.3 Å². The largest absolute Gasteiger partial charge is 0.348 e. The fourth-order valence-electron chi connectivity index (χ4n) is 1.74. The number of amides is 1. The van der Waals surface area contributed by atoms with Crippen molar-refractivity contribution in [3.8, 4) is 6.07 Å². The minimum atomic E-state index is -0.156. The van der Waals surface area contributed by atoms with Crippen LogP contribution in [0.4, 0.5) is 0 Å². The number of carbonyl (C=O) groups excluding carboxylic acids is 1. The predicted molar refractivity (Wildman–Crippen MR) is 78.5 cm³/mol. The highest BCUT2D eigenvalue weighted by Gasteiger charge is 1.98. The third kappa shape index (κ3) is 4.11. The molecule has 0 aliphatic heterocycles. The first-order valence-corrected chi connectivity index (χ1v) is 6.28. The highest BCUT2D eigenvalue weighted by Crippen LogP contribution is 2.04. The van der Waals surface area contributed by atoms with Crippen molar-refractivity contribution >= 4 is 12.0 Å². The fourth-order valence-corrected chi connectivity index (χ4v) is 1.74. The van der Waals surface area contributed by atoms with Gasteiger partial charge in [0.2, 0.25) is 5.91 Å². The van der Waals surface area contributed by atoms with Gasteiger partial charge >= 0.3 is 0 Å². The predicted octanol–water partition coefficient (Wildman–Crippen LogP) is 2.89. The summed E-state index contributed by atoms with van der Waals surface area (Å²) in [4.78, 5) is 11.7. The first-order valence-electron chi connectivity index (χ1n) is 6.28. The zero-order valence-electron chi connectivity index (χ0n) is 10.9. The monoisotopic (exact) mass is 262 g/mol. The molecule has 2 aromatic carbocycles. The van der Waals surface area contributed by atoms with Crippen molar-refractivity contribution < 1.29 is 4.79 Å². The van der Waals surface area contributed by atoms with Gasteiger partial charge in [0.15, 0.2) is 0 Å². The molecule has 3 nitrogen and oxygen atoms in total. The van der Waals surface area contributed by atoms with Crippen LogP contribution in [0.5, 0.6) is 0 Å². The third-order valence-corrected chi connectivity index (χ3v) is 2.75. The van der Waals surface area contributed by atoms with E-state index in [-0.39, 0.29) is 5.91 Å². The Kier molecular flexibility index (Phi) is 4.69. The SMILES string of the molecule is N#Cc1cccc(CNC(=O)/C=C/c2ccccc2)c1. The molecule has 0 fully saturated rings. The maximum Gasteiger partial charge on any atom is 0.244 e. The minimum Gasteiger partial charge on any atom is -0.348 e. The van der Waals surface area contributed by atoms with Crippen LogP contribution < -0.4 is 5.32 Å². The minimum absolute atomic E-state index is 0.156. The van der Waals surface area contributed by atoms with Crippen LogP contribution in [0.2, 0.25) is 0 Å². The number of rotatable bonds is 4. The first-order chi connectivity index (χ1) is 9.78. The van der Waals surface area contributed by atoms with Crippen LogP contribution in [0.3, 0.4) is 0 Å². The molecule has 0 aromatic heterocycles. The van der Waals surface area contributed by atoms with Crippen molar-refractivity contribution in [3.63, 3.8) is 0 Å². The Morgan fingerprint density at radius 1 is 1.15 bits per heavy atom. The van der Waals surface area contributed by atoms with E-state index in [4.69, 9.17) is 5.26 Å². The van der Waals surface area contributed by atoms with Gasteiger partial charge in [0.25, 0.3) is 0 Å². The number of hydrogen-bond acceptors (Lipinski definition) is 2. The van der Waals surface area contributed by atoms with Crippen molar-refractivity contribution in [2.75, 3.05) is 0 Å². The number of hydrogen-bond donors (Lipinski definition) is 1. The summed E-state index contributed by atoms with van der Waals surface area (Å²) < 4.78 is 0. The molecule has 0 aliphatic rings. The highest BCUT2D eigenvalue weighted by molar-refractivity contribution is 5.91. The maximum atomic E-state index is 11.7. The molecule has 0 spiro atoms. The number of nitrogens with one attached hydrogen (secondary N) is 1. The summed E-state index contributed by atoms with van der Waals surface area (Å²) in [6, 6.07) is 18.9. The zero-order valence-corrected chi connectivity index (χ0v) is 10.9. The van der Waals surface area contributed by atoms with Gasteiger partial charge in [0.05, 0.1) is 11.6 Å². The summed E-state index contributed by atoms with van der Waals surface area (Å²) in [6.45, 7) is 0.410. The van der Waals surface area contributed by atoms with Crippen molar-refractivity contribution in [2.45, 2.75) is 6.54 Å². The molecule has 0 saturated carbocycles. The van der Waals surface area contributed by atoms with E-state index < -0.39 is 0 Å². The van der Waals surface area contributed by atoms with Gasteiger partial charge in [-0.15, -0.1) is 0 Å². The average molecular weight is 262 g/mol. The van der Waals surface area contributed by atoms with Crippen molar-refractivity contribution in [1.29, 1.82) is 5.26 Å². The van der Waals surface area contributed by atoms with Crippen LogP contribution >= 0.6 is 0 Å². The molecular formula is C17H14N2O. The summed E-state index contributed by atoms with van der Waals surface area (Å²) in [7, 11) is 0. The van der Waals surface area contributed by atoms with E-state index in [0.29, 0.717) is 12.1 Å². The number of nitrogens with zero attached hydrogens (tertiary/aromatic N) is 1. The van der Waals surface area contributed by atoms with E-state index in [1.807, 2.05) is 36.4 Å².